The van der Waals surface area contributed by atoms with Crippen molar-refractivity contribution in [1.82, 2.24) is 4.90 Å². The van der Waals surface area contributed by atoms with Crippen LogP contribution in [0.2, 0.25) is 0 Å². The number of esters is 1. The van der Waals surface area contributed by atoms with Crippen LogP contribution in [0.3, 0.4) is 0 Å². The summed E-state index contributed by atoms with van der Waals surface area (Å²) in [5.41, 5.74) is 0.360. The van der Waals surface area contributed by atoms with Crippen LogP contribution in [0.25, 0.3) is 0 Å². The second kappa shape index (κ2) is 8.79. The number of amides is 1. The highest BCUT2D eigenvalue weighted by Gasteiger charge is 2.26. The maximum absolute atomic E-state index is 12.2. The summed E-state index contributed by atoms with van der Waals surface area (Å²) >= 11 is 1.16. The van der Waals surface area contributed by atoms with Crippen LogP contribution in [0.15, 0.2) is 11.4 Å². The van der Waals surface area contributed by atoms with Crippen molar-refractivity contribution >= 4 is 34.9 Å². The molecule has 2 heterocycles. The standard InChI is InChI=1S/C16H22N2O5S/c1-23-16(22)14-12(5-8-24-14)17-13(19)9-11(15(20)21)10-18-6-3-2-4-7-18/h5,8,11H,2-4,6-7,9-10H2,1H3,(H,17,19)(H,20,21). The highest BCUT2D eigenvalue weighted by atomic mass is 32.1. The van der Waals surface area contributed by atoms with Crippen LogP contribution >= 0.6 is 11.3 Å². The van der Waals surface area contributed by atoms with E-state index in [4.69, 9.17) is 0 Å². The van der Waals surface area contributed by atoms with Crippen LogP contribution in [0.4, 0.5) is 5.69 Å². The van der Waals surface area contributed by atoms with Crippen LogP contribution in [-0.2, 0) is 14.3 Å². The van der Waals surface area contributed by atoms with Crippen molar-refractivity contribution in [1.29, 1.82) is 0 Å². The number of methoxy groups -OCH3 is 1. The van der Waals surface area contributed by atoms with Gasteiger partial charge in [0.25, 0.3) is 0 Å². The Labute approximate surface area is 144 Å². The molecule has 1 amide bonds. The Balaban J connectivity index is 1.94. The lowest BCUT2D eigenvalue weighted by Gasteiger charge is -2.28. The monoisotopic (exact) mass is 354 g/mol. The molecule has 7 nitrogen and oxygen atoms in total. The molecule has 8 heteroatoms. The quantitative estimate of drug-likeness (QED) is 0.728. The molecule has 0 aromatic carbocycles. The molecule has 2 N–H and O–H groups in total. The molecule has 1 aliphatic heterocycles. The Morgan fingerprint density at radius 2 is 2.04 bits per heavy atom. The van der Waals surface area contributed by atoms with Gasteiger partial charge < -0.3 is 20.1 Å². The number of nitrogens with one attached hydrogen (secondary N) is 1. The number of piperidine rings is 1. The Kier molecular flexibility index (Phi) is 6.74. The maximum atomic E-state index is 12.2. The zero-order valence-corrected chi connectivity index (χ0v) is 14.4. The molecule has 0 spiro atoms. The number of anilines is 1. The number of ether oxygens (including phenoxy) is 1. The number of nitrogens with zero attached hydrogens (tertiary/aromatic N) is 1. The molecule has 0 radical (unpaired) electrons. The van der Waals surface area contributed by atoms with E-state index in [1.54, 1.807) is 11.4 Å². The summed E-state index contributed by atoms with van der Waals surface area (Å²) in [4.78, 5) is 37.6. The van der Waals surface area contributed by atoms with Crippen LogP contribution < -0.4 is 5.32 Å². The van der Waals surface area contributed by atoms with Gasteiger partial charge in [-0.15, -0.1) is 11.3 Å². The van der Waals surface area contributed by atoms with Gasteiger partial charge in [-0.2, -0.15) is 0 Å². The number of hydrogen-bond donors (Lipinski definition) is 2. The number of rotatable bonds is 7. The molecule has 0 aliphatic carbocycles. The number of carbonyl (C=O) groups excluding carboxylic acids is 2. The van der Waals surface area contributed by atoms with E-state index < -0.39 is 23.8 Å². The zero-order chi connectivity index (χ0) is 17.5. The van der Waals surface area contributed by atoms with Crippen molar-refractivity contribution in [3.8, 4) is 0 Å². The molecule has 2 rings (SSSR count). The number of carboxylic acid groups (broad SMARTS) is 1. The molecule has 0 saturated carbocycles. The predicted octanol–water partition coefficient (Wildman–Crippen LogP) is 2.05. The summed E-state index contributed by atoms with van der Waals surface area (Å²) in [7, 11) is 1.27. The largest absolute Gasteiger partial charge is 0.481 e. The van der Waals surface area contributed by atoms with E-state index in [1.165, 1.54) is 13.5 Å². The molecule has 0 bridgehead atoms. The Bertz CT molecular complexity index is 595. The third kappa shape index (κ3) is 5.04. The van der Waals surface area contributed by atoms with E-state index in [2.05, 4.69) is 15.0 Å². The van der Waals surface area contributed by atoms with Gasteiger partial charge >= 0.3 is 11.9 Å². The molecule has 1 saturated heterocycles. The van der Waals surface area contributed by atoms with Crippen LogP contribution in [-0.4, -0.2) is 54.6 Å². The summed E-state index contributed by atoms with van der Waals surface area (Å²) in [5, 5.41) is 13.7. The predicted molar refractivity (Wildman–Crippen MR) is 90.3 cm³/mol. The first kappa shape index (κ1) is 18.4. The third-order valence-electron chi connectivity index (χ3n) is 4.02. The van der Waals surface area contributed by atoms with Crippen molar-refractivity contribution in [2.24, 2.45) is 5.92 Å². The Hall–Kier alpha value is -1.93. The molecule has 1 aromatic heterocycles. The van der Waals surface area contributed by atoms with E-state index in [0.717, 1.165) is 37.3 Å². The molecule has 1 fully saturated rings. The van der Waals surface area contributed by atoms with Gasteiger partial charge in [0, 0.05) is 13.0 Å². The van der Waals surface area contributed by atoms with Gasteiger partial charge in [0.15, 0.2) is 0 Å². The zero-order valence-electron chi connectivity index (χ0n) is 13.6. The van der Waals surface area contributed by atoms with Crippen LogP contribution in [0.5, 0.6) is 0 Å². The fourth-order valence-electron chi connectivity index (χ4n) is 2.77. The van der Waals surface area contributed by atoms with Crippen LogP contribution in [0.1, 0.15) is 35.4 Å². The summed E-state index contributed by atoms with van der Waals surface area (Å²) in [6.45, 7) is 2.13. The van der Waals surface area contributed by atoms with Gasteiger partial charge in [-0.05, 0) is 37.4 Å². The van der Waals surface area contributed by atoms with Gasteiger partial charge in [0.05, 0.1) is 18.7 Å². The summed E-state index contributed by atoms with van der Waals surface area (Å²) in [6, 6.07) is 1.61. The first-order valence-electron chi connectivity index (χ1n) is 7.92. The van der Waals surface area contributed by atoms with Crippen LogP contribution in [0, 0.1) is 5.92 Å². The van der Waals surface area contributed by atoms with Crippen molar-refractivity contribution in [2.75, 3.05) is 32.1 Å². The number of carboxylic acids is 1. The molecule has 1 unspecified atom stereocenters. The number of aliphatic carboxylic acids is 1. The van der Waals surface area contributed by atoms with Gasteiger partial charge in [0.2, 0.25) is 5.91 Å². The van der Waals surface area contributed by atoms with Gasteiger partial charge in [-0.1, -0.05) is 6.42 Å². The lowest BCUT2D eigenvalue weighted by atomic mass is 10.0. The second-order valence-electron chi connectivity index (χ2n) is 5.80. The van der Waals surface area contributed by atoms with Crippen molar-refractivity contribution < 1.29 is 24.2 Å². The molecular formula is C16H22N2O5S. The van der Waals surface area contributed by atoms with Crippen molar-refractivity contribution in [3.05, 3.63) is 16.3 Å². The van der Waals surface area contributed by atoms with Gasteiger partial charge in [-0.3, -0.25) is 9.59 Å². The van der Waals surface area contributed by atoms with Crippen molar-refractivity contribution in [3.63, 3.8) is 0 Å². The summed E-state index contributed by atoms with van der Waals surface area (Å²) < 4.78 is 4.66. The topological polar surface area (TPSA) is 95.9 Å². The number of carbonyl (C=O) groups is 3. The fourth-order valence-corrected chi connectivity index (χ4v) is 3.53. The molecule has 24 heavy (non-hydrogen) atoms. The van der Waals surface area contributed by atoms with Gasteiger partial charge in [-0.25, -0.2) is 4.79 Å². The lowest BCUT2D eigenvalue weighted by Crippen LogP contribution is -2.38. The minimum absolute atomic E-state index is 0.123. The summed E-state index contributed by atoms with van der Waals surface area (Å²) in [6.07, 6.45) is 3.18. The minimum Gasteiger partial charge on any atom is -0.481 e. The minimum atomic E-state index is -0.978. The average molecular weight is 354 g/mol. The van der Waals surface area contributed by atoms with E-state index >= 15 is 0 Å². The maximum Gasteiger partial charge on any atom is 0.350 e. The first-order chi connectivity index (χ1) is 11.5. The smallest absolute Gasteiger partial charge is 0.350 e. The fraction of sp³-hybridized carbons (Fsp3) is 0.562. The SMILES string of the molecule is COC(=O)c1sccc1NC(=O)CC(CN1CCCCC1)C(=O)O. The highest BCUT2D eigenvalue weighted by molar-refractivity contribution is 7.12. The summed E-state index contributed by atoms with van der Waals surface area (Å²) in [5.74, 6) is -2.68. The van der Waals surface area contributed by atoms with E-state index in [0.29, 0.717) is 17.1 Å². The number of hydrogen-bond acceptors (Lipinski definition) is 6. The van der Waals surface area contributed by atoms with E-state index in [-0.39, 0.29) is 6.42 Å². The molecule has 1 aromatic rings. The van der Waals surface area contributed by atoms with E-state index in [9.17, 15) is 19.5 Å². The van der Waals surface area contributed by atoms with Crippen molar-refractivity contribution in [2.45, 2.75) is 25.7 Å². The first-order valence-corrected chi connectivity index (χ1v) is 8.80. The Morgan fingerprint density at radius 3 is 2.67 bits per heavy atom. The second-order valence-corrected chi connectivity index (χ2v) is 6.72. The Morgan fingerprint density at radius 1 is 1.33 bits per heavy atom. The average Bonchev–Trinajstić information content (AvgIpc) is 3.02. The number of likely N-dealkylation sites (tertiary alicyclic amines) is 1. The third-order valence-corrected chi connectivity index (χ3v) is 4.91. The lowest BCUT2D eigenvalue weighted by molar-refractivity contribution is -0.144. The molecule has 1 aliphatic rings. The number of thiophene rings is 1. The normalized spacial score (nSPS) is 16.4. The van der Waals surface area contributed by atoms with E-state index in [1.807, 2.05) is 0 Å². The highest BCUT2D eigenvalue weighted by Crippen LogP contribution is 2.24. The van der Waals surface area contributed by atoms with Gasteiger partial charge in [0.1, 0.15) is 4.88 Å². The molecular weight excluding hydrogens is 332 g/mol. The molecule has 132 valence electrons. The molecule has 1 atom stereocenters.